The first-order chi connectivity index (χ1) is 7.08. The molecular weight excluding hydrogens is 210 g/mol. The molecule has 0 saturated heterocycles. The van der Waals surface area contributed by atoms with Crippen LogP contribution in [-0.4, -0.2) is 23.7 Å². The first kappa shape index (κ1) is 12.2. The van der Waals surface area contributed by atoms with Gasteiger partial charge in [-0.3, -0.25) is 4.79 Å². The van der Waals surface area contributed by atoms with Gasteiger partial charge in [0.25, 0.3) is 5.91 Å². The summed E-state index contributed by atoms with van der Waals surface area (Å²) in [5, 5.41) is 11.6. The standard InChI is InChI=1S/C11H17NO2S/c1-4-9-5-10(15-8(9)3)11(14)12-7(2)6-13/h5,7,13H,4,6H2,1-3H3,(H,12,14). The number of hydrogen-bond acceptors (Lipinski definition) is 3. The molecule has 0 aliphatic carbocycles. The van der Waals surface area contributed by atoms with E-state index in [1.807, 2.05) is 13.0 Å². The van der Waals surface area contributed by atoms with Crippen molar-refractivity contribution in [3.05, 3.63) is 21.4 Å². The van der Waals surface area contributed by atoms with Gasteiger partial charge >= 0.3 is 0 Å². The maximum atomic E-state index is 11.7. The highest BCUT2D eigenvalue weighted by Crippen LogP contribution is 2.21. The van der Waals surface area contributed by atoms with Crippen molar-refractivity contribution in [3.63, 3.8) is 0 Å². The first-order valence-electron chi connectivity index (χ1n) is 5.09. The average Bonchev–Trinajstić information content (AvgIpc) is 2.59. The molecule has 2 N–H and O–H groups in total. The van der Waals surface area contributed by atoms with E-state index in [4.69, 9.17) is 5.11 Å². The maximum Gasteiger partial charge on any atom is 0.261 e. The summed E-state index contributed by atoms with van der Waals surface area (Å²) >= 11 is 1.51. The van der Waals surface area contributed by atoms with E-state index in [2.05, 4.69) is 12.2 Å². The van der Waals surface area contributed by atoms with Gasteiger partial charge in [0.15, 0.2) is 0 Å². The van der Waals surface area contributed by atoms with Crippen LogP contribution >= 0.6 is 11.3 Å². The number of carbonyl (C=O) groups is 1. The molecule has 4 heteroatoms. The molecule has 1 rings (SSSR count). The number of hydrogen-bond donors (Lipinski definition) is 2. The third-order valence-electron chi connectivity index (χ3n) is 2.28. The second-order valence-corrected chi connectivity index (χ2v) is 4.86. The minimum absolute atomic E-state index is 0.0310. The van der Waals surface area contributed by atoms with E-state index in [0.29, 0.717) is 0 Å². The molecule has 1 atom stereocenters. The fraction of sp³-hybridized carbons (Fsp3) is 0.545. The van der Waals surface area contributed by atoms with Gasteiger partial charge < -0.3 is 10.4 Å². The summed E-state index contributed by atoms with van der Waals surface area (Å²) in [7, 11) is 0. The highest BCUT2D eigenvalue weighted by Gasteiger charge is 2.13. The summed E-state index contributed by atoms with van der Waals surface area (Å²) in [4.78, 5) is 13.6. The largest absolute Gasteiger partial charge is 0.394 e. The Balaban J connectivity index is 2.74. The van der Waals surface area contributed by atoms with Gasteiger partial charge in [0.1, 0.15) is 0 Å². The van der Waals surface area contributed by atoms with Crippen molar-refractivity contribution >= 4 is 17.2 Å². The number of aliphatic hydroxyl groups is 1. The van der Waals surface area contributed by atoms with Crippen LogP contribution in [0.4, 0.5) is 0 Å². The molecule has 3 nitrogen and oxygen atoms in total. The Labute approximate surface area is 94.1 Å². The van der Waals surface area contributed by atoms with Crippen molar-refractivity contribution in [2.24, 2.45) is 0 Å². The van der Waals surface area contributed by atoms with Crippen molar-refractivity contribution in [1.29, 1.82) is 0 Å². The monoisotopic (exact) mass is 227 g/mol. The third-order valence-corrected chi connectivity index (χ3v) is 3.37. The molecule has 0 saturated carbocycles. The Hall–Kier alpha value is -0.870. The number of rotatable bonds is 4. The first-order valence-corrected chi connectivity index (χ1v) is 5.91. The summed E-state index contributed by atoms with van der Waals surface area (Å²) in [5.74, 6) is -0.0932. The van der Waals surface area contributed by atoms with Gasteiger partial charge in [-0.2, -0.15) is 0 Å². The van der Waals surface area contributed by atoms with Gasteiger partial charge in [-0.15, -0.1) is 11.3 Å². The highest BCUT2D eigenvalue weighted by molar-refractivity contribution is 7.14. The Bertz CT molecular complexity index is 346. The van der Waals surface area contributed by atoms with Crippen molar-refractivity contribution < 1.29 is 9.90 Å². The van der Waals surface area contributed by atoms with E-state index < -0.39 is 0 Å². The summed E-state index contributed by atoms with van der Waals surface area (Å²) in [6.45, 7) is 5.85. The van der Waals surface area contributed by atoms with Crippen molar-refractivity contribution in [1.82, 2.24) is 5.32 Å². The topological polar surface area (TPSA) is 49.3 Å². The number of aliphatic hydroxyl groups excluding tert-OH is 1. The molecule has 1 amide bonds. The summed E-state index contributed by atoms with van der Waals surface area (Å²) in [6.07, 6.45) is 0.950. The van der Waals surface area contributed by atoms with Crippen LogP contribution in [0.25, 0.3) is 0 Å². The van der Waals surface area contributed by atoms with Crippen LogP contribution < -0.4 is 5.32 Å². The minimum atomic E-state index is -0.190. The number of amides is 1. The van der Waals surface area contributed by atoms with Gasteiger partial charge in [0.05, 0.1) is 11.5 Å². The predicted molar refractivity (Wildman–Crippen MR) is 62.4 cm³/mol. The molecule has 1 heterocycles. The SMILES string of the molecule is CCc1cc(C(=O)NC(C)CO)sc1C. The quantitative estimate of drug-likeness (QED) is 0.823. The number of nitrogens with one attached hydrogen (secondary N) is 1. The highest BCUT2D eigenvalue weighted by atomic mass is 32.1. The number of aryl methyl sites for hydroxylation is 2. The van der Waals surface area contributed by atoms with Gasteiger partial charge in [-0.25, -0.2) is 0 Å². The summed E-state index contributed by atoms with van der Waals surface area (Å²) in [5.41, 5.74) is 1.22. The lowest BCUT2D eigenvalue weighted by Crippen LogP contribution is -2.34. The Morgan fingerprint density at radius 1 is 1.67 bits per heavy atom. The Morgan fingerprint density at radius 3 is 2.80 bits per heavy atom. The van der Waals surface area contributed by atoms with Gasteiger partial charge in [-0.05, 0) is 31.9 Å². The summed E-state index contributed by atoms with van der Waals surface area (Å²) < 4.78 is 0. The lowest BCUT2D eigenvalue weighted by molar-refractivity contribution is 0.0926. The lowest BCUT2D eigenvalue weighted by Gasteiger charge is -2.08. The third kappa shape index (κ3) is 3.04. The Morgan fingerprint density at radius 2 is 2.33 bits per heavy atom. The van der Waals surface area contributed by atoms with Crippen LogP contribution in [0.15, 0.2) is 6.07 Å². The minimum Gasteiger partial charge on any atom is -0.394 e. The number of thiophene rings is 1. The maximum absolute atomic E-state index is 11.7. The van der Waals surface area contributed by atoms with Crippen LogP contribution in [-0.2, 0) is 6.42 Å². The molecule has 1 aromatic heterocycles. The smallest absolute Gasteiger partial charge is 0.261 e. The van der Waals surface area contributed by atoms with E-state index in [1.165, 1.54) is 21.8 Å². The van der Waals surface area contributed by atoms with Crippen molar-refractivity contribution in [2.75, 3.05) is 6.61 Å². The molecule has 0 aliphatic rings. The van der Waals surface area contributed by atoms with Crippen LogP contribution in [0, 0.1) is 6.92 Å². The van der Waals surface area contributed by atoms with E-state index in [-0.39, 0.29) is 18.6 Å². The van der Waals surface area contributed by atoms with Gasteiger partial charge in [0.2, 0.25) is 0 Å². The summed E-state index contributed by atoms with van der Waals surface area (Å²) in [6, 6.07) is 1.74. The van der Waals surface area contributed by atoms with E-state index in [0.717, 1.165) is 11.3 Å². The molecule has 1 aromatic rings. The molecule has 0 aliphatic heterocycles. The van der Waals surface area contributed by atoms with Crippen LogP contribution in [0.2, 0.25) is 0 Å². The molecule has 0 spiro atoms. The molecule has 84 valence electrons. The van der Waals surface area contributed by atoms with Gasteiger partial charge in [-0.1, -0.05) is 6.92 Å². The zero-order valence-corrected chi connectivity index (χ0v) is 10.1. The van der Waals surface area contributed by atoms with Crippen LogP contribution in [0.5, 0.6) is 0 Å². The normalized spacial score (nSPS) is 12.5. The van der Waals surface area contributed by atoms with E-state index in [9.17, 15) is 4.79 Å². The second-order valence-electron chi connectivity index (χ2n) is 3.60. The fourth-order valence-corrected chi connectivity index (χ4v) is 2.34. The molecule has 0 radical (unpaired) electrons. The van der Waals surface area contributed by atoms with Gasteiger partial charge in [0, 0.05) is 10.9 Å². The molecule has 0 bridgehead atoms. The molecule has 0 aromatic carbocycles. The lowest BCUT2D eigenvalue weighted by atomic mass is 10.2. The van der Waals surface area contributed by atoms with E-state index in [1.54, 1.807) is 6.92 Å². The zero-order chi connectivity index (χ0) is 11.4. The average molecular weight is 227 g/mol. The van der Waals surface area contributed by atoms with Crippen LogP contribution in [0.1, 0.15) is 34.0 Å². The predicted octanol–water partition coefficient (Wildman–Crippen LogP) is 1.73. The molecular formula is C11H17NO2S. The van der Waals surface area contributed by atoms with Crippen molar-refractivity contribution in [3.8, 4) is 0 Å². The Kier molecular flexibility index (Phi) is 4.29. The van der Waals surface area contributed by atoms with Crippen LogP contribution in [0.3, 0.4) is 0 Å². The number of carbonyl (C=O) groups excluding carboxylic acids is 1. The zero-order valence-electron chi connectivity index (χ0n) is 9.33. The molecule has 15 heavy (non-hydrogen) atoms. The van der Waals surface area contributed by atoms with Crippen molar-refractivity contribution in [2.45, 2.75) is 33.2 Å². The second kappa shape index (κ2) is 5.28. The molecule has 0 fully saturated rings. The van der Waals surface area contributed by atoms with E-state index >= 15 is 0 Å². The molecule has 1 unspecified atom stereocenters. The fourth-order valence-electron chi connectivity index (χ4n) is 1.32.